The summed E-state index contributed by atoms with van der Waals surface area (Å²) in [5.41, 5.74) is -1.07. The molecule has 0 unspecified atom stereocenters. The SMILES string of the molecule is O=C(CCCC(=O)OCC(=O)Nc1cc(C(F)(F)F)ccc1Cl)Nc1ccc([N+](=O)[O-])cc1. The molecule has 9 nitrogen and oxygen atoms in total. The number of hydrogen-bond acceptors (Lipinski definition) is 6. The van der Waals surface area contributed by atoms with Crippen LogP contribution < -0.4 is 10.6 Å². The first-order chi connectivity index (χ1) is 15.5. The third-order valence-electron chi connectivity index (χ3n) is 4.08. The molecule has 0 aliphatic rings. The van der Waals surface area contributed by atoms with E-state index in [0.717, 1.165) is 12.1 Å². The van der Waals surface area contributed by atoms with Crippen LogP contribution in [-0.2, 0) is 25.3 Å². The number of carbonyl (C=O) groups excluding carboxylic acids is 3. The van der Waals surface area contributed by atoms with Gasteiger partial charge in [-0.3, -0.25) is 24.5 Å². The number of hydrogen-bond donors (Lipinski definition) is 2. The monoisotopic (exact) mass is 487 g/mol. The Labute approximate surface area is 190 Å². The molecule has 0 fully saturated rings. The quantitative estimate of drug-likeness (QED) is 0.303. The van der Waals surface area contributed by atoms with E-state index in [1.807, 2.05) is 0 Å². The van der Waals surface area contributed by atoms with Crippen LogP contribution in [0, 0.1) is 10.1 Å². The minimum absolute atomic E-state index is 0.0574. The number of amides is 2. The lowest BCUT2D eigenvalue weighted by Crippen LogP contribution is -2.21. The fourth-order valence-corrected chi connectivity index (χ4v) is 2.65. The minimum atomic E-state index is -4.62. The van der Waals surface area contributed by atoms with Crippen LogP contribution in [-0.4, -0.2) is 29.3 Å². The van der Waals surface area contributed by atoms with Gasteiger partial charge in [-0.15, -0.1) is 0 Å². The Kier molecular flexibility index (Phi) is 8.74. The van der Waals surface area contributed by atoms with Gasteiger partial charge in [-0.1, -0.05) is 11.6 Å². The van der Waals surface area contributed by atoms with Gasteiger partial charge in [0, 0.05) is 30.7 Å². The van der Waals surface area contributed by atoms with Gasteiger partial charge < -0.3 is 15.4 Å². The maximum atomic E-state index is 12.8. The summed E-state index contributed by atoms with van der Waals surface area (Å²) in [5.74, 6) is -2.11. The second-order valence-electron chi connectivity index (χ2n) is 6.61. The lowest BCUT2D eigenvalue weighted by molar-refractivity contribution is -0.384. The fourth-order valence-electron chi connectivity index (χ4n) is 2.49. The molecule has 2 amide bonds. The van der Waals surface area contributed by atoms with Crippen LogP contribution >= 0.6 is 11.6 Å². The number of nitro benzene ring substituents is 1. The van der Waals surface area contributed by atoms with Crippen molar-refractivity contribution >= 4 is 46.4 Å². The smallest absolute Gasteiger partial charge is 0.416 e. The molecule has 0 aromatic heterocycles. The predicted molar refractivity (Wildman–Crippen MR) is 112 cm³/mol. The van der Waals surface area contributed by atoms with E-state index in [1.165, 1.54) is 24.3 Å². The van der Waals surface area contributed by atoms with Gasteiger partial charge >= 0.3 is 12.1 Å². The van der Waals surface area contributed by atoms with Gasteiger partial charge in [-0.2, -0.15) is 13.2 Å². The van der Waals surface area contributed by atoms with Crippen molar-refractivity contribution in [2.45, 2.75) is 25.4 Å². The number of nitro groups is 1. The number of ether oxygens (including phenoxy) is 1. The van der Waals surface area contributed by atoms with Crippen molar-refractivity contribution in [3.8, 4) is 0 Å². The highest BCUT2D eigenvalue weighted by atomic mass is 35.5. The maximum absolute atomic E-state index is 12.8. The molecule has 2 N–H and O–H groups in total. The van der Waals surface area contributed by atoms with E-state index >= 15 is 0 Å². The standard InChI is InChI=1S/C20H17ClF3N3O6/c21-15-9-4-12(20(22,23)24)10-16(15)26-18(29)11-33-19(30)3-1-2-17(28)25-13-5-7-14(8-6-13)27(31)32/h4-10H,1-3,11H2,(H,25,28)(H,26,29). The van der Waals surface area contributed by atoms with E-state index in [4.69, 9.17) is 16.3 Å². The molecule has 0 aliphatic heterocycles. The molecule has 0 aliphatic carbocycles. The predicted octanol–water partition coefficient (Wildman–Crippen LogP) is 4.56. The number of esters is 1. The van der Waals surface area contributed by atoms with Crippen molar-refractivity contribution in [1.29, 1.82) is 0 Å². The molecule has 2 rings (SSSR count). The number of rotatable bonds is 9. The number of non-ortho nitro benzene ring substituents is 1. The lowest BCUT2D eigenvalue weighted by Gasteiger charge is -2.12. The molecule has 0 atom stereocenters. The Bertz CT molecular complexity index is 1040. The van der Waals surface area contributed by atoms with Crippen molar-refractivity contribution in [2.24, 2.45) is 0 Å². The van der Waals surface area contributed by atoms with Gasteiger partial charge in [0.15, 0.2) is 6.61 Å². The largest absolute Gasteiger partial charge is 0.456 e. The molecular weight excluding hydrogens is 471 g/mol. The van der Waals surface area contributed by atoms with Gasteiger partial charge in [0.05, 0.1) is 21.2 Å². The average molecular weight is 488 g/mol. The van der Waals surface area contributed by atoms with Crippen LogP contribution in [0.3, 0.4) is 0 Å². The lowest BCUT2D eigenvalue weighted by atomic mass is 10.2. The molecule has 0 radical (unpaired) electrons. The van der Waals surface area contributed by atoms with E-state index in [2.05, 4.69) is 10.6 Å². The van der Waals surface area contributed by atoms with Crippen molar-refractivity contribution in [1.82, 2.24) is 0 Å². The Balaban J connectivity index is 1.72. The molecule has 0 bridgehead atoms. The first-order valence-corrected chi connectivity index (χ1v) is 9.70. The van der Waals surface area contributed by atoms with E-state index in [-0.39, 0.29) is 35.7 Å². The van der Waals surface area contributed by atoms with Crippen LogP contribution in [0.4, 0.5) is 30.2 Å². The van der Waals surface area contributed by atoms with Crippen LogP contribution in [0.15, 0.2) is 42.5 Å². The molecule has 0 saturated carbocycles. The van der Waals surface area contributed by atoms with Crippen molar-refractivity contribution in [2.75, 3.05) is 17.2 Å². The summed E-state index contributed by atoms with van der Waals surface area (Å²) in [7, 11) is 0. The van der Waals surface area contributed by atoms with Crippen LogP contribution in [0.2, 0.25) is 5.02 Å². The van der Waals surface area contributed by atoms with E-state index in [0.29, 0.717) is 11.8 Å². The first-order valence-electron chi connectivity index (χ1n) is 9.32. The summed E-state index contributed by atoms with van der Waals surface area (Å²) in [6, 6.07) is 7.57. The van der Waals surface area contributed by atoms with E-state index in [9.17, 15) is 37.7 Å². The molecule has 2 aromatic rings. The summed E-state index contributed by atoms with van der Waals surface area (Å²) < 4.78 is 43.0. The Morgan fingerprint density at radius 1 is 1.00 bits per heavy atom. The minimum Gasteiger partial charge on any atom is -0.456 e. The molecule has 176 valence electrons. The summed E-state index contributed by atoms with van der Waals surface area (Å²) in [6.07, 6.45) is -4.77. The Morgan fingerprint density at radius 3 is 2.27 bits per heavy atom. The number of halogens is 4. The highest BCUT2D eigenvalue weighted by Gasteiger charge is 2.31. The van der Waals surface area contributed by atoms with E-state index in [1.54, 1.807) is 0 Å². The maximum Gasteiger partial charge on any atom is 0.416 e. The number of anilines is 2. The molecular formula is C20H17ClF3N3O6. The van der Waals surface area contributed by atoms with Crippen molar-refractivity contribution < 1.29 is 37.2 Å². The van der Waals surface area contributed by atoms with Gasteiger partial charge in [-0.25, -0.2) is 0 Å². The summed E-state index contributed by atoms with van der Waals surface area (Å²) in [5, 5.41) is 15.1. The zero-order valence-electron chi connectivity index (χ0n) is 16.8. The number of benzene rings is 2. The van der Waals surface area contributed by atoms with Gasteiger partial charge in [-0.05, 0) is 36.8 Å². The fraction of sp³-hybridized carbons (Fsp3) is 0.250. The summed E-state index contributed by atoms with van der Waals surface area (Å²) in [4.78, 5) is 45.4. The number of carbonyl (C=O) groups is 3. The molecule has 2 aromatic carbocycles. The van der Waals surface area contributed by atoms with Gasteiger partial charge in [0.25, 0.3) is 11.6 Å². The topological polar surface area (TPSA) is 128 Å². The zero-order chi connectivity index (χ0) is 24.6. The first kappa shape index (κ1) is 25.6. The van der Waals surface area contributed by atoms with E-state index < -0.39 is 41.1 Å². The third-order valence-corrected chi connectivity index (χ3v) is 4.41. The summed E-state index contributed by atoms with van der Waals surface area (Å²) >= 11 is 5.77. The van der Waals surface area contributed by atoms with Crippen molar-refractivity contribution in [3.63, 3.8) is 0 Å². The Morgan fingerprint density at radius 2 is 1.67 bits per heavy atom. The normalized spacial score (nSPS) is 10.9. The summed E-state index contributed by atoms with van der Waals surface area (Å²) in [6.45, 7) is -0.750. The average Bonchev–Trinajstić information content (AvgIpc) is 2.73. The second-order valence-corrected chi connectivity index (χ2v) is 7.01. The molecule has 0 heterocycles. The second kappa shape index (κ2) is 11.3. The highest BCUT2D eigenvalue weighted by Crippen LogP contribution is 2.33. The van der Waals surface area contributed by atoms with Gasteiger partial charge in [0.2, 0.25) is 5.91 Å². The van der Waals surface area contributed by atoms with Crippen molar-refractivity contribution in [3.05, 3.63) is 63.2 Å². The van der Waals surface area contributed by atoms with Crippen LogP contribution in [0.25, 0.3) is 0 Å². The number of nitrogens with zero attached hydrogens (tertiary/aromatic N) is 1. The zero-order valence-corrected chi connectivity index (χ0v) is 17.5. The Hall–Kier alpha value is -3.67. The van der Waals surface area contributed by atoms with Crippen LogP contribution in [0.1, 0.15) is 24.8 Å². The molecule has 33 heavy (non-hydrogen) atoms. The number of nitrogens with one attached hydrogen (secondary N) is 2. The molecule has 0 spiro atoms. The van der Waals surface area contributed by atoms with Gasteiger partial charge in [0.1, 0.15) is 0 Å². The highest BCUT2D eigenvalue weighted by molar-refractivity contribution is 6.33. The third kappa shape index (κ3) is 8.41. The van der Waals surface area contributed by atoms with Crippen LogP contribution in [0.5, 0.6) is 0 Å². The molecule has 13 heteroatoms. The molecule has 0 saturated heterocycles. The number of alkyl halides is 3.